The van der Waals surface area contributed by atoms with Crippen LogP contribution in [0.5, 0.6) is 5.88 Å². The lowest BCUT2D eigenvalue weighted by Crippen LogP contribution is -2.49. The quantitative estimate of drug-likeness (QED) is 0.297. The number of halogens is 1. The summed E-state index contributed by atoms with van der Waals surface area (Å²) in [7, 11) is 1.57. The standard InChI is InChI=1S/C31H38FN3O4/c1-39-30-15-14-23(19-34-30)21-12-10-20(11-13-21)16-26(33)29(37)18-24(17-22-6-2-3-7-25(22)32)31(38)35-27-8-4-5-9-28(27)36/h2-3,6-7,10-15,19,24,26-29,36-37H,4-5,8-9,16-18,33H2,1H3,(H,35,38)/t24-,26+,27+,28-,29+/m1/s1. The van der Waals surface area contributed by atoms with E-state index in [-0.39, 0.29) is 30.6 Å². The van der Waals surface area contributed by atoms with E-state index >= 15 is 0 Å². The minimum absolute atomic E-state index is 0.0831. The van der Waals surface area contributed by atoms with E-state index in [0.717, 1.165) is 29.5 Å². The number of aliphatic hydroxyl groups excluding tert-OH is 2. The van der Waals surface area contributed by atoms with Gasteiger partial charge in [-0.05, 0) is 60.9 Å². The Bertz CT molecular complexity index is 1210. The highest BCUT2D eigenvalue weighted by atomic mass is 19.1. The van der Waals surface area contributed by atoms with Gasteiger partial charge in [-0.3, -0.25) is 4.79 Å². The molecule has 3 aromatic rings. The topological polar surface area (TPSA) is 118 Å². The molecule has 5 N–H and O–H groups in total. The highest BCUT2D eigenvalue weighted by molar-refractivity contribution is 5.79. The Morgan fingerprint density at radius 2 is 1.79 bits per heavy atom. The molecule has 0 aliphatic heterocycles. The molecule has 1 fully saturated rings. The molecule has 0 unspecified atom stereocenters. The van der Waals surface area contributed by atoms with Gasteiger partial charge in [-0.2, -0.15) is 0 Å². The Hall–Kier alpha value is -3.33. The first-order valence-electron chi connectivity index (χ1n) is 13.6. The van der Waals surface area contributed by atoms with Crippen molar-refractivity contribution in [1.29, 1.82) is 0 Å². The summed E-state index contributed by atoms with van der Waals surface area (Å²) in [6, 6.07) is 17.0. The number of carbonyl (C=O) groups is 1. The maximum atomic E-state index is 14.4. The van der Waals surface area contributed by atoms with Gasteiger partial charge in [0, 0.05) is 29.8 Å². The third-order valence-electron chi connectivity index (χ3n) is 7.58. The van der Waals surface area contributed by atoms with E-state index in [2.05, 4.69) is 10.3 Å². The van der Waals surface area contributed by atoms with Crippen molar-refractivity contribution in [2.24, 2.45) is 11.7 Å². The monoisotopic (exact) mass is 535 g/mol. The van der Waals surface area contributed by atoms with Crippen molar-refractivity contribution in [1.82, 2.24) is 10.3 Å². The van der Waals surface area contributed by atoms with Gasteiger partial charge in [0.15, 0.2) is 0 Å². The number of benzene rings is 2. The summed E-state index contributed by atoms with van der Waals surface area (Å²) in [6.07, 6.45) is 4.01. The summed E-state index contributed by atoms with van der Waals surface area (Å²) in [5.41, 5.74) is 9.70. The fraction of sp³-hybridized carbons (Fsp3) is 0.419. The van der Waals surface area contributed by atoms with Crippen LogP contribution in [0.4, 0.5) is 4.39 Å². The molecule has 0 radical (unpaired) electrons. The number of hydrogen-bond donors (Lipinski definition) is 4. The molecule has 4 rings (SSSR count). The lowest BCUT2D eigenvalue weighted by molar-refractivity contribution is -0.128. The normalized spacial score (nSPS) is 19.6. The number of nitrogens with one attached hydrogen (secondary N) is 1. The molecular weight excluding hydrogens is 497 g/mol. The summed E-state index contributed by atoms with van der Waals surface area (Å²) in [4.78, 5) is 17.5. The van der Waals surface area contributed by atoms with E-state index < -0.39 is 24.2 Å². The van der Waals surface area contributed by atoms with Gasteiger partial charge < -0.3 is 26.0 Å². The third kappa shape index (κ3) is 7.85. The van der Waals surface area contributed by atoms with Crippen molar-refractivity contribution >= 4 is 5.91 Å². The minimum Gasteiger partial charge on any atom is -0.481 e. The molecule has 1 saturated carbocycles. The fourth-order valence-corrected chi connectivity index (χ4v) is 5.17. The molecule has 0 saturated heterocycles. The second kappa shape index (κ2) is 13.6. The number of ether oxygens (including phenoxy) is 1. The van der Waals surface area contributed by atoms with Crippen LogP contribution >= 0.6 is 0 Å². The van der Waals surface area contributed by atoms with Gasteiger partial charge in [0.05, 0.1) is 25.4 Å². The number of hydrogen-bond acceptors (Lipinski definition) is 6. The number of pyridine rings is 1. The number of amides is 1. The average molecular weight is 536 g/mol. The van der Waals surface area contributed by atoms with Crippen LogP contribution in [-0.4, -0.2) is 52.5 Å². The van der Waals surface area contributed by atoms with E-state index in [1.54, 1.807) is 37.6 Å². The van der Waals surface area contributed by atoms with E-state index in [4.69, 9.17) is 10.5 Å². The number of nitrogens with zero attached hydrogens (tertiary/aromatic N) is 1. The molecule has 1 amide bonds. The summed E-state index contributed by atoms with van der Waals surface area (Å²) in [5, 5.41) is 24.3. The first kappa shape index (κ1) is 28.7. The molecule has 8 heteroatoms. The van der Waals surface area contributed by atoms with Crippen molar-refractivity contribution < 1.29 is 24.1 Å². The first-order valence-corrected chi connectivity index (χ1v) is 13.6. The SMILES string of the molecule is COc1ccc(-c2ccc(C[C@H](N)[C@@H](O)C[C@@H](Cc3ccccc3F)C(=O)N[C@H]3CCCC[C@H]3O)cc2)cn1. The highest BCUT2D eigenvalue weighted by Crippen LogP contribution is 2.24. The summed E-state index contributed by atoms with van der Waals surface area (Å²) in [5.74, 6) is -0.832. The van der Waals surface area contributed by atoms with Crippen LogP contribution in [0.25, 0.3) is 11.1 Å². The van der Waals surface area contributed by atoms with Crippen LogP contribution in [0.3, 0.4) is 0 Å². The van der Waals surface area contributed by atoms with Crippen molar-refractivity contribution in [3.8, 4) is 17.0 Å². The lowest BCUT2D eigenvalue weighted by atomic mass is 9.87. The predicted octanol–water partition coefficient (Wildman–Crippen LogP) is 3.80. The molecule has 0 spiro atoms. The van der Waals surface area contributed by atoms with Crippen LogP contribution in [0.1, 0.15) is 43.2 Å². The Labute approximate surface area is 229 Å². The zero-order valence-corrected chi connectivity index (χ0v) is 22.3. The fourth-order valence-electron chi connectivity index (χ4n) is 5.17. The van der Waals surface area contributed by atoms with Gasteiger partial charge in [-0.25, -0.2) is 9.37 Å². The van der Waals surface area contributed by atoms with Crippen LogP contribution in [0.15, 0.2) is 66.9 Å². The molecule has 1 aliphatic rings. The zero-order valence-electron chi connectivity index (χ0n) is 22.3. The Morgan fingerprint density at radius 1 is 1.08 bits per heavy atom. The van der Waals surface area contributed by atoms with E-state index in [9.17, 15) is 19.4 Å². The van der Waals surface area contributed by atoms with Crippen LogP contribution < -0.4 is 15.8 Å². The lowest BCUT2D eigenvalue weighted by Gasteiger charge is -2.31. The number of aromatic nitrogens is 1. The van der Waals surface area contributed by atoms with Crippen molar-refractivity contribution in [2.75, 3.05) is 7.11 Å². The minimum atomic E-state index is -0.978. The molecular formula is C31H38FN3O4. The Kier molecular flexibility index (Phi) is 10.0. The third-order valence-corrected chi connectivity index (χ3v) is 7.58. The maximum Gasteiger partial charge on any atom is 0.223 e. The van der Waals surface area contributed by atoms with Crippen molar-refractivity contribution in [3.63, 3.8) is 0 Å². The molecule has 0 bridgehead atoms. The van der Waals surface area contributed by atoms with Gasteiger partial charge in [0.1, 0.15) is 5.82 Å². The number of carbonyl (C=O) groups excluding carboxylic acids is 1. The van der Waals surface area contributed by atoms with E-state index in [1.807, 2.05) is 30.3 Å². The van der Waals surface area contributed by atoms with E-state index in [0.29, 0.717) is 30.7 Å². The van der Waals surface area contributed by atoms with Gasteiger partial charge >= 0.3 is 0 Å². The molecule has 7 nitrogen and oxygen atoms in total. The molecule has 5 atom stereocenters. The number of nitrogens with two attached hydrogens (primary N) is 1. The van der Waals surface area contributed by atoms with E-state index in [1.165, 1.54) is 6.07 Å². The summed E-state index contributed by atoms with van der Waals surface area (Å²) >= 11 is 0. The molecule has 1 aliphatic carbocycles. The molecule has 2 aromatic carbocycles. The van der Waals surface area contributed by atoms with Crippen LogP contribution in [0, 0.1) is 11.7 Å². The molecule has 1 aromatic heterocycles. The second-order valence-corrected chi connectivity index (χ2v) is 10.4. The highest BCUT2D eigenvalue weighted by Gasteiger charge is 2.31. The maximum absolute atomic E-state index is 14.4. The largest absolute Gasteiger partial charge is 0.481 e. The number of aliphatic hydroxyl groups is 2. The van der Waals surface area contributed by atoms with Gasteiger partial charge in [0.25, 0.3) is 0 Å². The summed E-state index contributed by atoms with van der Waals surface area (Å²) < 4.78 is 19.6. The number of methoxy groups -OCH3 is 1. The molecule has 1 heterocycles. The van der Waals surface area contributed by atoms with Crippen LogP contribution in [0.2, 0.25) is 0 Å². The van der Waals surface area contributed by atoms with Gasteiger partial charge in [0.2, 0.25) is 11.8 Å². The predicted molar refractivity (Wildman–Crippen MR) is 149 cm³/mol. The average Bonchev–Trinajstić information content (AvgIpc) is 2.95. The molecule has 208 valence electrons. The number of rotatable bonds is 11. The smallest absolute Gasteiger partial charge is 0.223 e. The Balaban J connectivity index is 1.41. The van der Waals surface area contributed by atoms with Crippen molar-refractivity contribution in [3.05, 3.63) is 83.8 Å². The summed E-state index contributed by atoms with van der Waals surface area (Å²) in [6.45, 7) is 0. The Morgan fingerprint density at radius 3 is 2.46 bits per heavy atom. The van der Waals surface area contributed by atoms with Gasteiger partial charge in [-0.15, -0.1) is 0 Å². The molecule has 39 heavy (non-hydrogen) atoms. The van der Waals surface area contributed by atoms with Crippen molar-refractivity contribution in [2.45, 2.75) is 69.2 Å². The van der Waals surface area contributed by atoms with Crippen LogP contribution in [-0.2, 0) is 17.6 Å². The zero-order chi connectivity index (χ0) is 27.8. The second-order valence-electron chi connectivity index (χ2n) is 10.4. The van der Waals surface area contributed by atoms with Gasteiger partial charge in [-0.1, -0.05) is 55.3 Å². The first-order chi connectivity index (χ1) is 18.8.